The predicted octanol–water partition coefficient (Wildman–Crippen LogP) is 6.00. The summed E-state index contributed by atoms with van der Waals surface area (Å²) in [7, 11) is 0. The van der Waals surface area contributed by atoms with Gasteiger partial charge in [0.25, 0.3) is 0 Å². The number of ether oxygens (including phenoxy) is 2. The van der Waals surface area contributed by atoms with Gasteiger partial charge in [-0.2, -0.15) is 0 Å². The molecule has 0 aromatic heterocycles. The van der Waals surface area contributed by atoms with Gasteiger partial charge < -0.3 is 9.47 Å². The minimum absolute atomic E-state index is 0.160. The maximum Gasteiger partial charge on any atom is 0.235 e. The summed E-state index contributed by atoms with van der Waals surface area (Å²) < 4.78 is 24.2. The van der Waals surface area contributed by atoms with Crippen molar-refractivity contribution in [3.05, 3.63) is 36.9 Å². The average Bonchev–Trinajstić information content (AvgIpc) is 2.60. The van der Waals surface area contributed by atoms with Gasteiger partial charge in [0, 0.05) is 26.1 Å². The molecule has 2 aliphatic rings. The van der Waals surface area contributed by atoms with Crippen molar-refractivity contribution < 1.29 is 13.9 Å². The van der Waals surface area contributed by atoms with E-state index in [-0.39, 0.29) is 16.4 Å². The van der Waals surface area contributed by atoms with E-state index in [1.807, 2.05) is 12.1 Å². The summed E-state index contributed by atoms with van der Waals surface area (Å²) in [5, 5.41) is 0. The molecule has 1 saturated heterocycles. The van der Waals surface area contributed by atoms with Crippen molar-refractivity contribution in [2.24, 2.45) is 10.8 Å². The standard InChI is InChI=1S/C24H36FNO2/c1-7-24(22(3,4)5)14-12-19(13-15-24)26-16-23(6,17-26)28-21-10-8-20(9-11-21)27-18(2)25/h7-11,18-19H,1,12-17H2,2-6H3. The molecule has 4 heteroatoms. The van der Waals surface area contributed by atoms with Crippen LogP contribution in [-0.4, -0.2) is 36.0 Å². The highest BCUT2D eigenvalue weighted by Gasteiger charge is 2.48. The zero-order chi connectivity index (χ0) is 20.6. The second-order valence-corrected chi connectivity index (χ2v) is 9.93. The van der Waals surface area contributed by atoms with E-state index >= 15 is 0 Å². The third-order valence-electron chi connectivity index (χ3n) is 6.81. The highest BCUT2D eigenvalue weighted by atomic mass is 19.1. The number of likely N-dealkylation sites (tertiary alicyclic amines) is 1. The SMILES string of the molecule is C=CC1(C(C)(C)C)CCC(N2CC(C)(Oc3ccc(OC(C)F)cc3)C2)CC1. The quantitative estimate of drug-likeness (QED) is 0.557. The minimum atomic E-state index is -1.31. The lowest BCUT2D eigenvalue weighted by Crippen LogP contribution is -2.66. The van der Waals surface area contributed by atoms with E-state index in [4.69, 9.17) is 9.47 Å². The van der Waals surface area contributed by atoms with Gasteiger partial charge in [-0.25, -0.2) is 4.39 Å². The van der Waals surface area contributed by atoms with Crippen LogP contribution in [0.3, 0.4) is 0 Å². The van der Waals surface area contributed by atoms with Crippen LogP contribution in [0.15, 0.2) is 36.9 Å². The molecule has 0 radical (unpaired) electrons. The molecule has 1 saturated carbocycles. The molecule has 0 amide bonds. The van der Waals surface area contributed by atoms with E-state index < -0.39 is 6.36 Å². The first kappa shape index (κ1) is 21.2. The monoisotopic (exact) mass is 389 g/mol. The Kier molecular flexibility index (Phi) is 5.82. The molecule has 1 unspecified atom stereocenters. The smallest absolute Gasteiger partial charge is 0.235 e. The van der Waals surface area contributed by atoms with E-state index in [9.17, 15) is 4.39 Å². The number of hydrogen-bond acceptors (Lipinski definition) is 3. The Morgan fingerprint density at radius 1 is 1.14 bits per heavy atom. The third-order valence-corrected chi connectivity index (χ3v) is 6.81. The van der Waals surface area contributed by atoms with Crippen LogP contribution in [0, 0.1) is 10.8 Å². The van der Waals surface area contributed by atoms with Crippen molar-refractivity contribution in [3.63, 3.8) is 0 Å². The highest BCUT2D eigenvalue weighted by molar-refractivity contribution is 5.32. The summed E-state index contributed by atoms with van der Waals surface area (Å²) >= 11 is 0. The second-order valence-electron chi connectivity index (χ2n) is 9.93. The van der Waals surface area contributed by atoms with Gasteiger partial charge in [-0.05, 0) is 67.7 Å². The molecule has 28 heavy (non-hydrogen) atoms. The van der Waals surface area contributed by atoms with Crippen LogP contribution in [0.25, 0.3) is 0 Å². The molecule has 1 atom stereocenters. The first-order valence-electron chi connectivity index (χ1n) is 10.5. The Morgan fingerprint density at radius 2 is 1.68 bits per heavy atom. The number of nitrogens with zero attached hydrogens (tertiary/aromatic N) is 1. The Balaban J connectivity index is 1.51. The van der Waals surface area contributed by atoms with Crippen LogP contribution in [-0.2, 0) is 0 Å². The molecule has 1 aliphatic heterocycles. The lowest BCUT2D eigenvalue weighted by Gasteiger charge is -2.55. The van der Waals surface area contributed by atoms with Gasteiger partial charge in [-0.3, -0.25) is 4.90 Å². The Labute approximate surface area is 169 Å². The van der Waals surface area contributed by atoms with Crippen molar-refractivity contribution >= 4 is 0 Å². The molecule has 3 rings (SSSR count). The van der Waals surface area contributed by atoms with Gasteiger partial charge in [0.1, 0.15) is 17.1 Å². The number of allylic oxidation sites excluding steroid dienone is 1. The maximum atomic E-state index is 12.9. The Hall–Kier alpha value is -1.55. The van der Waals surface area contributed by atoms with Crippen molar-refractivity contribution in [3.8, 4) is 11.5 Å². The van der Waals surface area contributed by atoms with Gasteiger partial charge in [-0.1, -0.05) is 26.8 Å². The van der Waals surface area contributed by atoms with Gasteiger partial charge in [0.05, 0.1) is 0 Å². The normalized spacial score (nSPS) is 28.9. The molecule has 0 bridgehead atoms. The van der Waals surface area contributed by atoms with Crippen LogP contribution in [0.5, 0.6) is 11.5 Å². The first-order chi connectivity index (χ1) is 13.1. The van der Waals surface area contributed by atoms with Crippen LogP contribution >= 0.6 is 0 Å². The fraction of sp³-hybridized carbons (Fsp3) is 0.667. The second kappa shape index (κ2) is 7.70. The van der Waals surface area contributed by atoms with E-state index in [1.165, 1.54) is 32.6 Å². The fourth-order valence-electron chi connectivity index (χ4n) is 4.94. The summed E-state index contributed by atoms with van der Waals surface area (Å²) in [5.74, 6) is 1.33. The topological polar surface area (TPSA) is 21.7 Å². The maximum absolute atomic E-state index is 12.9. The molecular weight excluding hydrogens is 353 g/mol. The molecule has 3 nitrogen and oxygen atoms in total. The van der Waals surface area contributed by atoms with Gasteiger partial charge in [0.2, 0.25) is 6.36 Å². The lowest BCUT2D eigenvalue weighted by atomic mass is 9.58. The van der Waals surface area contributed by atoms with Crippen LogP contribution < -0.4 is 9.47 Å². The summed E-state index contributed by atoms with van der Waals surface area (Å²) in [6.07, 6.45) is 5.79. The van der Waals surface area contributed by atoms with E-state index in [1.54, 1.807) is 12.1 Å². The molecule has 2 fully saturated rings. The highest BCUT2D eigenvalue weighted by Crippen LogP contribution is 2.51. The van der Waals surface area contributed by atoms with E-state index in [0.29, 0.717) is 11.8 Å². The molecular formula is C24H36FNO2. The van der Waals surface area contributed by atoms with Gasteiger partial charge in [0.15, 0.2) is 0 Å². The minimum Gasteiger partial charge on any atom is -0.485 e. The van der Waals surface area contributed by atoms with Gasteiger partial charge in [-0.15, -0.1) is 6.58 Å². The van der Waals surface area contributed by atoms with Crippen LogP contribution in [0.4, 0.5) is 4.39 Å². The van der Waals surface area contributed by atoms with Crippen molar-refractivity contribution in [1.29, 1.82) is 0 Å². The van der Waals surface area contributed by atoms with E-state index in [2.05, 4.69) is 45.2 Å². The molecule has 156 valence electrons. The largest absolute Gasteiger partial charge is 0.485 e. The molecule has 0 N–H and O–H groups in total. The summed E-state index contributed by atoms with van der Waals surface area (Å²) in [6, 6.07) is 7.87. The lowest BCUT2D eigenvalue weighted by molar-refractivity contribution is -0.0980. The Bertz CT molecular complexity index is 663. The molecule has 0 spiro atoms. The molecule has 1 aromatic carbocycles. The molecule has 1 aromatic rings. The predicted molar refractivity (Wildman–Crippen MR) is 113 cm³/mol. The average molecular weight is 390 g/mol. The number of halogens is 1. The summed E-state index contributed by atoms with van der Waals surface area (Å²) in [4.78, 5) is 2.57. The number of benzene rings is 1. The number of rotatable bonds is 6. The fourth-order valence-corrected chi connectivity index (χ4v) is 4.94. The zero-order valence-electron chi connectivity index (χ0n) is 18.1. The Morgan fingerprint density at radius 3 is 2.14 bits per heavy atom. The van der Waals surface area contributed by atoms with Gasteiger partial charge >= 0.3 is 0 Å². The summed E-state index contributed by atoms with van der Waals surface area (Å²) in [5.41, 5.74) is 0.365. The van der Waals surface area contributed by atoms with Crippen molar-refractivity contribution in [2.75, 3.05) is 13.1 Å². The van der Waals surface area contributed by atoms with Crippen LogP contribution in [0.2, 0.25) is 0 Å². The number of hydrogen-bond donors (Lipinski definition) is 0. The third kappa shape index (κ3) is 4.37. The zero-order valence-corrected chi connectivity index (χ0v) is 18.1. The molecule has 1 aliphatic carbocycles. The van der Waals surface area contributed by atoms with Crippen molar-refractivity contribution in [2.45, 2.75) is 78.3 Å². The number of alkyl halides is 1. The van der Waals surface area contributed by atoms with E-state index in [0.717, 1.165) is 18.8 Å². The van der Waals surface area contributed by atoms with Crippen LogP contribution in [0.1, 0.15) is 60.3 Å². The van der Waals surface area contributed by atoms with Crippen molar-refractivity contribution in [1.82, 2.24) is 4.90 Å². The first-order valence-corrected chi connectivity index (χ1v) is 10.5. The summed E-state index contributed by atoms with van der Waals surface area (Å²) in [6.45, 7) is 16.6. The molecule has 1 heterocycles.